The zero-order valence-corrected chi connectivity index (χ0v) is 24.0. The van der Waals surface area contributed by atoms with Crippen LogP contribution in [0.15, 0.2) is 115 Å². The molecule has 0 amide bonds. The van der Waals surface area contributed by atoms with Crippen molar-refractivity contribution in [2.75, 3.05) is 0 Å². The minimum absolute atomic E-state index is 0.305. The first-order valence-corrected chi connectivity index (χ1v) is 13.6. The molecule has 0 saturated carbocycles. The van der Waals surface area contributed by atoms with Crippen LogP contribution < -0.4 is 9.47 Å². The summed E-state index contributed by atoms with van der Waals surface area (Å²) in [7, 11) is 0. The molecule has 4 aromatic carbocycles. The summed E-state index contributed by atoms with van der Waals surface area (Å²) in [6, 6.07) is 27.2. The molecular formula is C38H31FO4. The first-order chi connectivity index (χ1) is 20.7. The molecule has 0 N–H and O–H groups in total. The summed E-state index contributed by atoms with van der Waals surface area (Å²) in [6.07, 6.45) is 10.9. The largest absolute Gasteiger partial charge is 0.423 e. The number of rotatable bonds is 10. The van der Waals surface area contributed by atoms with Crippen molar-refractivity contribution in [1.29, 1.82) is 0 Å². The Hall–Kier alpha value is -5.55. The van der Waals surface area contributed by atoms with Crippen LogP contribution in [0.25, 0.3) is 36.5 Å². The normalized spacial score (nSPS) is 11.2. The SMILES string of the molecule is C=C(C)C(=O)Oc1ccccc1/C=C/c1ccc(/C=C/c2ccc(/C=C/c3ccccc3OC(=O)C(=C)C)cc2F)cc1. The molecule has 0 fully saturated rings. The fourth-order valence-electron chi connectivity index (χ4n) is 3.85. The van der Waals surface area contributed by atoms with E-state index in [0.29, 0.717) is 39.3 Å². The average molecular weight is 571 g/mol. The summed E-state index contributed by atoms with van der Waals surface area (Å²) in [5, 5.41) is 0. The van der Waals surface area contributed by atoms with E-state index in [1.165, 1.54) is 6.07 Å². The van der Waals surface area contributed by atoms with Crippen molar-refractivity contribution in [3.8, 4) is 11.5 Å². The number of esters is 2. The van der Waals surface area contributed by atoms with Gasteiger partial charge in [-0.1, -0.05) is 122 Å². The van der Waals surface area contributed by atoms with Crippen LogP contribution in [-0.4, -0.2) is 11.9 Å². The van der Waals surface area contributed by atoms with E-state index in [9.17, 15) is 14.0 Å². The number of carbonyl (C=O) groups is 2. The minimum atomic E-state index is -0.501. The molecule has 0 heterocycles. The molecule has 0 bridgehead atoms. The van der Waals surface area contributed by atoms with Crippen LogP contribution in [0.3, 0.4) is 0 Å². The van der Waals surface area contributed by atoms with E-state index in [1.807, 2.05) is 72.8 Å². The van der Waals surface area contributed by atoms with Gasteiger partial charge in [-0.05, 0) is 48.7 Å². The fraction of sp³-hybridized carbons (Fsp3) is 0.0526. The summed E-state index contributed by atoms with van der Waals surface area (Å²) in [6.45, 7) is 10.4. The van der Waals surface area contributed by atoms with Crippen molar-refractivity contribution in [2.45, 2.75) is 13.8 Å². The summed E-state index contributed by atoms with van der Waals surface area (Å²) in [4.78, 5) is 23.8. The lowest BCUT2D eigenvalue weighted by Gasteiger charge is -2.07. The van der Waals surface area contributed by atoms with Crippen LogP contribution in [-0.2, 0) is 9.59 Å². The number of ether oxygens (including phenoxy) is 2. The summed E-state index contributed by atoms with van der Waals surface area (Å²) in [5.41, 5.74) is 5.09. The van der Waals surface area contributed by atoms with Crippen molar-refractivity contribution >= 4 is 48.4 Å². The van der Waals surface area contributed by atoms with Crippen LogP contribution in [0.2, 0.25) is 0 Å². The van der Waals surface area contributed by atoms with Gasteiger partial charge < -0.3 is 9.47 Å². The van der Waals surface area contributed by atoms with Crippen LogP contribution >= 0.6 is 0 Å². The van der Waals surface area contributed by atoms with E-state index in [0.717, 1.165) is 16.7 Å². The van der Waals surface area contributed by atoms with Crippen LogP contribution in [0, 0.1) is 5.82 Å². The maximum absolute atomic E-state index is 14.9. The number of halogens is 1. The lowest BCUT2D eigenvalue weighted by Crippen LogP contribution is -2.08. The molecule has 0 aliphatic carbocycles. The number of hydrogen-bond donors (Lipinski definition) is 0. The Morgan fingerprint density at radius 2 is 0.953 bits per heavy atom. The van der Waals surface area contributed by atoms with E-state index in [1.54, 1.807) is 62.4 Å². The number of benzene rings is 4. The Bertz CT molecular complexity index is 1760. The van der Waals surface area contributed by atoms with Gasteiger partial charge in [0, 0.05) is 27.8 Å². The maximum Gasteiger partial charge on any atom is 0.338 e. The molecule has 4 aromatic rings. The second-order valence-corrected chi connectivity index (χ2v) is 9.86. The zero-order valence-electron chi connectivity index (χ0n) is 24.0. The molecule has 0 atom stereocenters. The van der Waals surface area contributed by atoms with Crippen LogP contribution in [0.4, 0.5) is 4.39 Å². The van der Waals surface area contributed by atoms with Crippen LogP contribution in [0.5, 0.6) is 11.5 Å². The Labute approximate surface area is 251 Å². The van der Waals surface area contributed by atoms with E-state index >= 15 is 0 Å². The minimum Gasteiger partial charge on any atom is -0.423 e. The van der Waals surface area contributed by atoms with Crippen molar-refractivity contribution in [3.05, 3.63) is 154 Å². The van der Waals surface area contributed by atoms with E-state index in [2.05, 4.69) is 13.2 Å². The average Bonchev–Trinajstić information content (AvgIpc) is 3.00. The highest BCUT2D eigenvalue weighted by Gasteiger charge is 2.09. The summed E-state index contributed by atoms with van der Waals surface area (Å²) >= 11 is 0. The van der Waals surface area contributed by atoms with E-state index < -0.39 is 11.9 Å². The summed E-state index contributed by atoms with van der Waals surface area (Å²) < 4.78 is 25.7. The third-order valence-electron chi connectivity index (χ3n) is 6.27. The first-order valence-electron chi connectivity index (χ1n) is 13.6. The molecule has 5 heteroatoms. The Morgan fingerprint density at radius 3 is 1.40 bits per heavy atom. The van der Waals surface area contributed by atoms with Gasteiger partial charge in [0.1, 0.15) is 17.3 Å². The van der Waals surface area contributed by atoms with Crippen molar-refractivity contribution < 1.29 is 23.5 Å². The van der Waals surface area contributed by atoms with Gasteiger partial charge in [-0.15, -0.1) is 0 Å². The highest BCUT2D eigenvalue weighted by molar-refractivity contribution is 5.90. The van der Waals surface area contributed by atoms with Crippen molar-refractivity contribution in [1.82, 2.24) is 0 Å². The molecule has 0 spiro atoms. The lowest BCUT2D eigenvalue weighted by molar-refractivity contribution is -0.130. The quantitative estimate of drug-likeness (QED) is 0.0825. The van der Waals surface area contributed by atoms with E-state index in [4.69, 9.17) is 9.47 Å². The van der Waals surface area contributed by atoms with E-state index in [-0.39, 0.29) is 5.82 Å². The van der Waals surface area contributed by atoms with Gasteiger partial charge in [0.05, 0.1) is 0 Å². The fourth-order valence-corrected chi connectivity index (χ4v) is 3.85. The highest BCUT2D eigenvalue weighted by Crippen LogP contribution is 2.24. The topological polar surface area (TPSA) is 52.6 Å². The first kappa shape index (κ1) is 30.4. The van der Waals surface area contributed by atoms with Gasteiger partial charge in [-0.2, -0.15) is 0 Å². The molecular weight excluding hydrogens is 539 g/mol. The third-order valence-corrected chi connectivity index (χ3v) is 6.27. The molecule has 0 aromatic heterocycles. The third kappa shape index (κ3) is 8.72. The molecule has 4 rings (SSSR count). The Morgan fingerprint density at radius 1 is 0.558 bits per heavy atom. The van der Waals surface area contributed by atoms with Gasteiger partial charge in [0.25, 0.3) is 0 Å². The Kier molecular flexibility index (Phi) is 10.2. The van der Waals surface area contributed by atoms with Gasteiger partial charge in [-0.25, -0.2) is 14.0 Å². The maximum atomic E-state index is 14.9. The zero-order chi connectivity index (χ0) is 30.8. The lowest BCUT2D eigenvalue weighted by atomic mass is 10.1. The number of para-hydroxylation sites is 2. The van der Waals surface area contributed by atoms with Crippen molar-refractivity contribution in [3.63, 3.8) is 0 Å². The van der Waals surface area contributed by atoms with Crippen LogP contribution in [0.1, 0.15) is 47.2 Å². The molecule has 0 radical (unpaired) electrons. The Balaban J connectivity index is 1.41. The highest BCUT2D eigenvalue weighted by atomic mass is 19.1. The monoisotopic (exact) mass is 570 g/mol. The number of hydrogen-bond acceptors (Lipinski definition) is 4. The molecule has 0 aliphatic heterocycles. The van der Waals surface area contributed by atoms with Gasteiger partial charge in [0.2, 0.25) is 0 Å². The summed E-state index contributed by atoms with van der Waals surface area (Å²) in [5.74, 6) is -0.459. The molecule has 43 heavy (non-hydrogen) atoms. The predicted octanol–water partition coefficient (Wildman–Crippen LogP) is 9.30. The smallest absolute Gasteiger partial charge is 0.338 e. The van der Waals surface area contributed by atoms with Gasteiger partial charge in [-0.3, -0.25) is 0 Å². The molecule has 0 saturated heterocycles. The second kappa shape index (κ2) is 14.4. The predicted molar refractivity (Wildman–Crippen MR) is 173 cm³/mol. The standard InChI is InChI=1S/C38H31FO4/c1-26(2)37(40)42-35-11-7-5-9-32(35)23-18-29-15-13-28(14-16-29)17-21-31-22-19-30(25-34(31)39)20-24-33-10-6-8-12-36(33)43-38(41)27(3)4/h5-25H,1,3H2,2,4H3/b21-17+,23-18+,24-20+. The van der Waals surface area contributed by atoms with Gasteiger partial charge >= 0.3 is 11.9 Å². The second-order valence-electron chi connectivity index (χ2n) is 9.86. The molecule has 4 nitrogen and oxygen atoms in total. The van der Waals surface area contributed by atoms with Crippen molar-refractivity contribution in [2.24, 2.45) is 0 Å². The molecule has 0 aliphatic rings. The molecule has 0 unspecified atom stereocenters. The molecule has 214 valence electrons. The van der Waals surface area contributed by atoms with Gasteiger partial charge in [0.15, 0.2) is 0 Å². The number of carbonyl (C=O) groups excluding carboxylic acids is 2.